The van der Waals surface area contributed by atoms with Gasteiger partial charge in [0.25, 0.3) is 0 Å². The SMILES string of the molecule is CC(C)c1ccc(-n2nc(-c3ccc(C(=O)O)cc3)oc2=O)cc1. The lowest BCUT2D eigenvalue weighted by molar-refractivity contribution is 0.0697. The van der Waals surface area contributed by atoms with Gasteiger partial charge in [0.1, 0.15) is 0 Å². The predicted octanol–water partition coefficient (Wildman–Crippen LogP) is 3.31. The molecule has 1 heterocycles. The van der Waals surface area contributed by atoms with Crippen molar-refractivity contribution in [1.29, 1.82) is 0 Å². The first-order valence-electron chi connectivity index (χ1n) is 7.50. The zero-order valence-corrected chi connectivity index (χ0v) is 13.3. The highest BCUT2D eigenvalue weighted by molar-refractivity contribution is 5.88. The maximum Gasteiger partial charge on any atom is 0.442 e. The van der Waals surface area contributed by atoms with E-state index in [1.54, 1.807) is 12.1 Å². The molecule has 0 unspecified atom stereocenters. The predicted molar refractivity (Wildman–Crippen MR) is 88.6 cm³/mol. The zero-order valence-electron chi connectivity index (χ0n) is 13.3. The number of carbonyl (C=O) groups is 1. The fourth-order valence-electron chi connectivity index (χ4n) is 2.31. The van der Waals surface area contributed by atoms with Gasteiger partial charge >= 0.3 is 11.7 Å². The van der Waals surface area contributed by atoms with Crippen LogP contribution in [0.15, 0.2) is 57.7 Å². The van der Waals surface area contributed by atoms with Gasteiger partial charge in [-0.2, -0.15) is 4.68 Å². The standard InChI is InChI=1S/C18H16N2O4/c1-11(2)12-7-9-15(10-8-12)20-18(23)24-16(19-20)13-3-5-14(6-4-13)17(21)22/h3-11H,1-2H3,(H,21,22). The molecule has 1 N–H and O–H groups in total. The molecular weight excluding hydrogens is 308 g/mol. The molecule has 0 aliphatic heterocycles. The van der Waals surface area contributed by atoms with E-state index in [-0.39, 0.29) is 11.5 Å². The number of hydrogen-bond donors (Lipinski definition) is 1. The quantitative estimate of drug-likeness (QED) is 0.795. The highest BCUT2D eigenvalue weighted by atomic mass is 16.4. The van der Waals surface area contributed by atoms with Gasteiger partial charge < -0.3 is 9.52 Å². The Morgan fingerprint density at radius 1 is 1.08 bits per heavy atom. The van der Waals surface area contributed by atoms with Crippen molar-refractivity contribution < 1.29 is 14.3 Å². The van der Waals surface area contributed by atoms with Gasteiger partial charge in [0, 0.05) is 5.56 Å². The summed E-state index contributed by atoms with van der Waals surface area (Å²) in [5, 5.41) is 13.1. The number of aromatic carboxylic acids is 1. The maximum absolute atomic E-state index is 12.0. The van der Waals surface area contributed by atoms with E-state index < -0.39 is 11.7 Å². The van der Waals surface area contributed by atoms with Crippen molar-refractivity contribution in [2.45, 2.75) is 19.8 Å². The molecule has 0 saturated heterocycles. The molecule has 3 aromatic rings. The topological polar surface area (TPSA) is 85.3 Å². The van der Waals surface area contributed by atoms with E-state index in [2.05, 4.69) is 18.9 Å². The van der Waals surface area contributed by atoms with Crippen molar-refractivity contribution >= 4 is 5.97 Å². The summed E-state index contributed by atoms with van der Waals surface area (Å²) in [6.45, 7) is 4.19. The minimum Gasteiger partial charge on any atom is -0.478 e. The monoisotopic (exact) mass is 324 g/mol. The molecule has 0 amide bonds. The lowest BCUT2D eigenvalue weighted by Gasteiger charge is -2.05. The average Bonchev–Trinajstić information content (AvgIpc) is 2.97. The summed E-state index contributed by atoms with van der Waals surface area (Å²) in [6, 6.07) is 13.5. The van der Waals surface area contributed by atoms with Crippen LogP contribution in [0.5, 0.6) is 0 Å². The molecule has 0 bridgehead atoms. The fourth-order valence-corrected chi connectivity index (χ4v) is 2.31. The molecule has 1 aromatic heterocycles. The molecule has 6 heteroatoms. The van der Waals surface area contributed by atoms with Crippen molar-refractivity contribution in [2.24, 2.45) is 0 Å². The van der Waals surface area contributed by atoms with Gasteiger partial charge in [-0.25, -0.2) is 9.59 Å². The van der Waals surface area contributed by atoms with Crippen LogP contribution in [0.3, 0.4) is 0 Å². The second kappa shape index (κ2) is 6.16. The van der Waals surface area contributed by atoms with Gasteiger partial charge in [0.15, 0.2) is 0 Å². The van der Waals surface area contributed by atoms with Crippen LogP contribution < -0.4 is 5.76 Å². The molecule has 0 atom stereocenters. The molecule has 6 nitrogen and oxygen atoms in total. The van der Waals surface area contributed by atoms with Crippen LogP contribution in [0.2, 0.25) is 0 Å². The Morgan fingerprint density at radius 2 is 1.71 bits per heavy atom. The molecule has 0 aliphatic rings. The summed E-state index contributed by atoms with van der Waals surface area (Å²) >= 11 is 0. The summed E-state index contributed by atoms with van der Waals surface area (Å²) < 4.78 is 6.37. The number of aromatic nitrogens is 2. The van der Waals surface area contributed by atoms with E-state index in [0.717, 1.165) is 0 Å². The lowest BCUT2D eigenvalue weighted by Crippen LogP contribution is -2.13. The summed E-state index contributed by atoms with van der Waals surface area (Å²) in [7, 11) is 0. The number of rotatable bonds is 4. The van der Waals surface area contributed by atoms with E-state index in [9.17, 15) is 9.59 Å². The Kier molecular flexibility index (Phi) is 4.04. The van der Waals surface area contributed by atoms with Crippen molar-refractivity contribution in [3.63, 3.8) is 0 Å². The van der Waals surface area contributed by atoms with E-state index in [1.165, 1.54) is 22.4 Å². The third kappa shape index (κ3) is 2.99. The number of carboxylic acid groups (broad SMARTS) is 1. The molecule has 0 spiro atoms. The van der Waals surface area contributed by atoms with E-state index in [1.807, 2.05) is 24.3 Å². The summed E-state index contributed by atoms with van der Waals surface area (Å²) in [6.07, 6.45) is 0. The smallest absolute Gasteiger partial charge is 0.442 e. The van der Waals surface area contributed by atoms with Gasteiger partial charge in [-0.05, 0) is 47.9 Å². The van der Waals surface area contributed by atoms with Crippen molar-refractivity contribution in [3.8, 4) is 17.1 Å². The van der Waals surface area contributed by atoms with Crippen LogP contribution in [0.4, 0.5) is 0 Å². The van der Waals surface area contributed by atoms with Crippen LogP contribution in [0.1, 0.15) is 35.7 Å². The van der Waals surface area contributed by atoms with E-state index >= 15 is 0 Å². The van der Waals surface area contributed by atoms with Crippen LogP contribution in [0, 0.1) is 0 Å². The first-order chi connectivity index (χ1) is 11.5. The molecular formula is C18H16N2O4. The molecule has 3 rings (SSSR count). The number of nitrogens with zero attached hydrogens (tertiary/aromatic N) is 2. The zero-order chi connectivity index (χ0) is 17.3. The minimum atomic E-state index is -1.02. The first kappa shape index (κ1) is 15.7. The van der Waals surface area contributed by atoms with Gasteiger partial charge in [-0.15, -0.1) is 5.10 Å². The molecule has 122 valence electrons. The van der Waals surface area contributed by atoms with Crippen molar-refractivity contribution in [3.05, 3.63) is 70.2 Å². The molecule has 24 heavy (non-hydrogen) atoms. The Labute approximate surface area is 138 Å². The van der Waals surface area contributed by atoms with Gasteiger partial charge in [-0.3, -0.25) is 0 Å². The molecule has 0 fully saturated rings. The van der Waals surface area contributed by atoms with Crippen molar-refractivity contribution in [2.75, 3.05) is 0 Å². The molecule has 0 radical (unpaired) electrons. The first-order valence-corrected chi connectivity index (χ1v) is 7.50. The lowest BCUT2D eigenvalue weighted by atomic mass is 10.0. The molecule has 0 aliphatic carbocycles. The minimum absolute atomic E-state index is 0.143. The van der Waals surface area contributed by atoms with Crippen LogP contribution >= 0.6 is 0 Å². The molecule has 2 aromatic carbocycles. The number of benzene rings is 2. The highest BCUT2D eigenvalue weighted by Crippen LogP contribution is 2.19. The fraction of sp³-hybridized carbons (Fsp3) is 0.167. The summed E-state index contributed by atoms with van der Waals surface area (Å²) in [5.41, 5.74) is 2.47. The number of hydrogen-bond acceptors (Lipinski definition) is 4. The average molecular weight is 324 g/mol. The van der Waals surface area contributed by atoms with Crippen LogP contribution in [-0.4, -0.2) is 20.9 Å². The molecule has 0 saturated carbocycles. The van der Waals surface area contributed by atoms with Gasteiger partial charge in [0.05, 0.1) is 11.3 Å². The summed E-state index contributed by atoms with van der Waals surface area (Å²) in [5.74, 6) is -1.07. The Bertz CT molecular complexity index is 919. The maximum atomic E-state index is 12.0. The third-order valence-electron chi connectivity index (χ3n) is 3.73. The van der Waals surface area contributed by atoms with E-state index in [0.29, 0.717) is 17.2 Å². The van der Waals surface area contributed by atoms with Crippen LogP contribution in [-0.2, 0) is 0 Å². The second-order valence-corrected chi connectivity index (χ2v) is 5.71. The third-order valence-corrected chi connectivity index (χ3v) is 3.73. The Hall–Kier alpha value is -3.15. The Morgan fingerprint density at radius 3 is 2.25 bits per heavy atom. The van der Waals surface area contributed by atoms with Gasteiger partial charge in [0.2, 0.25) is 5.89 Å². The summed E-state index contributed by atoms with van der Waals surface area (Å²) in [4.78, 5) is 22.9. The normalized spacial score (nSPS) is 11.0. The van der Waals surface area contributed by atoms with Crippen molar-refractivity contribution in [1.82, 2.24) is 9.78 Å². The highest BCUT2D eigenvalue weighted by Gasteiger charge is 2.13. The van der Waals surface area contributed by atoms with E-state index in [4.69, 9.17) is 9.52 Å². The Balaban J connectivity index is 1.95. The van der Waals surface area contributed by atoms with Crippen LogP contribution in [0.25, 0.3) is 17.1 Å². The largest absolute Gasteiger partial charge is 0.478 e. The van der Waals surface area contributed by atoms with Gasteiger partial charge in [-0.1, -0.05) is 26.0 Å². The second-order valence-electron chi connectivity index (χ2n) is 5.71. The number of carboxylic acids is 1.